The summed E-state index contributed by atoms with van der Waals surface area (Å²) >= 11 is 1.45. The predicted octanol–water partition coefficient (Wildman–Crippen LogP) is 2.36. The van der Waals surface area contributed by atoms with Crippen LogP contribution in [0.4, 0.5) is 0 Å². The first-order valence-corrected chi connectivity index (χ1v) is 5.34. The third-order valence-corrected chi connectivity index (χ3v) is 2.82. The van der Waals surface area contributed by atoms with E-state index in [4.69, 9.17) is 5.11 Å². The van der Waals surface area contributed by atoms with Crippen molar-refractivity contribution in [1.29, 1.82) is 0 Å². The maximum atomic E-state index is 11.0. The van der Waals surface area contributed by atoms with Gasteiger partial charge in [-0.25, -0.2) is 4.79 Å². The second-order valence-corrected chi connectivity index (χ2v) is 3.71. The summed E-state index contributed by atoms with van der Waals surface area (Å²) in [5.41, 5.74) is 1.25. The summed E-state index contributed by atoms with van der Waals surface area (Å²) in [4.78, 5) is 11.8. The van der Waals surface area contributed by atoms with E-state index in [0.717, 1.165) is 10.4 Å². The maximum absolute atomic E-state index is 11.0. The number of nitrogens with zero attached hydrogens (tertiary/aromatic N) is 1. The predicted molar refractivity (Wildman–Crippen MR) is 56.1 cm³/mol. The molecule has 0 bridgehead atoms. The van der Waals surface area contributed by atoms with Gasteiger partial charge in [-0.2, -0.15) is 0 Å². The Hall–Kier alpha value is -1.42. The van der Waals surface area contributed by atoms with E-state index >= 15 is 0 Å². The van der Waals surface area contributed by atoms with Crippen molar-refractivity contribution in [2.24, 2.45) is 0 Å². The van der Waals surface area contributed by atoms with Crippen molar-refractivity contribution in [2.45, 2.75) is 4.90 Å². The third-order valence-electron chi connectivity index (χ3n) is 2.07. The molecule has 0 radical (unpaired) electrons. The molecule has 0 spiro atoms. The molecule has 0 aliphatic heterocycles. The van der Waals surface area contributed by atoms with Crippen LogP contribution in [-0.2, 0) is 0 Å². The van der Waals surface area contributed by atoms with Crippen LogP contribution in [0.1, 0.15) is 10.5 Å². The average molecular weight is 207 g/mol. The number of pyridine rings is 1. The van der Waals surface area contributed by atoms with Gasteiger partial charge in [0.15, 0.2) is 0 Å². The third kappa shape index (κ3) is 1.28. The lowest BCUT2D eigenvalue weighted by molar-refractivity contribution is 0.0685. The van der Waals surface area contributed by atoms with E-state index in [1.807, 2.05) is 30.5 Å². The van der Waals surface area contributed by atoms with Crippen LogP contribution in [0.2, 0.25) is 0 Å². The maximum Gasteiger partial charge on any atom is 0.354 e. The molecule has 1 N–H and O–H groups in total. The number of aromatic nitrogens is 1. The molecule has 2 heterocycles. The van der Waals surface area contributed by atoms with Crippen molar-refractivity contribution in [3.63, 3.8) is 0 Å². The van der Waals surface area contributed by atoms with E-state index in [2.05, 4.69) is 0 Å². The summed E-state index contributed by atoms with van der Waals surface area (Å²) < 4.78 is 1.69. The van der Waals surface area contributed by atoms with E-state index in [-0.39, 0.29) is 0 Å². The zero-order chi connectivity index (χ0) is 10.1. The molecule has 3 nitrogen and oxygen atoms in total. The Labute approximate surface area is 85.4 Å². The summed E-state index contributed by atoms with van der Waals surface area (Å²) in [6.07, 6.45) is 3.64. The van der Waals surface area contributed by atoms with Crippen LogP contribution in [0.15, 0.2) is 35.4 Å². The fourth-order valence-corrected chi connectivity index (χ4v) is 2.08. The number of aromatic carboxylic acids is 1. The molecule has 0 aliphatic carbocycles. The van der Waals surface area contributed by atoms with Gasteiger partial charge in [0, 0.05) is 16.6 Å². The van der Waals surface area contributed by atoms with Crippen molar-refractivity contribution in [2.75, 3.05) is 6.26 Å². The summed E-state index contributed by atoms with van der Waals surface area (Å²) in [6.45, 7) is 0. The molecule has 0 unspecified atom stereocenters. The van der Waals surface area contributed by atoms with Gasteiger partial charge in [0.05, 0.1) is 0 Å². The number of hydrogen-bond donors (Lipinski definition) is 1. The fourth-order valence-electron chi connectivity index (χ4n) is 1.46. The van der Waals surface area contributed by atoms with Gasteiger partial charge in [-0.15, -0.1) is 11.8 Å². The lowest BCUT2D eigenvalue weighted by atomic mass is 10.4. The van der Waals surface area contributed by atoms with Crippen LogP contribution in [0, 0.1) is 0 Å². The number of rotatable bonds is 2. The van der Waals surface area contributed by atoms with Crippen molar-refractivity contribution >= 4 is 23.2 Å². The minimum Gasteiger partial charge on any atom is -0.477 e. The number of hydrogen-bond acceptors (Lipinski definition) is 2. The Bertz CT molecular complexity index is 490. The topological polar surface area (TPSA) is 41.7 Å². The SMILES string of the molecule is CSc1cc2ccccn2c1C(=O)O. The molecule has 0 fully saturated rings. The van der Waals surface area contributed by atoms with Crippen LogP contribution in [0.25, 0.3) is 5.52 Å². The highest BCUT2D eigenvalue weighted by molar-refractivity contribution is 7.98. The van der Waals surface area contributed by atoms with E-state index in [9.17, 15) is 4.79 Å². The molecule has 14 heavy (non-hydrogen) atoms. The molecule has 0 atom stereocenters. The van der Waals surface area contributed by atoms with Gasteiger partial charge >= 0.3 is 5.97 Å². The molecule has 2 aromatic rings. The van der Waals surface area contributed by atoms with Gasteiger partial charge in [0.1, 0.15) is 5.69 Å². The number of carboxylic acids is 1. The molecular formula is C10H9NO2S. The molecule has 0 aromatic carbocycles. The smallest absolute Gasteiger partial charge is 0.354 e. The van der Waals surface area contributed by atoms with Gasteiger partial charge in [-0.05, 0) is 24.5 Å². The second-order valence-electron chi connectivity index (χ2n) is 2.86. The number of fused-ring (bicyclic) bond motifs is 1. The average Bonchev–Trinajstić information content (AvgIpc) is 2.55. The molecule has 0 saturated heterocycles. The molecule has 72 valence electrons. The van der Waals surface area contributed by atoms with Crippen molar-refractivity contribution < 1.29 is 9.90 Å². The Morgan fingerprint density at radius 2 is 2.29 bits per heavy atom. The van der Waals surface area contributed by atoms with Crippen molar-refractivity contribution in [1.82, 2.24) is 4.40 Å². The lowest BCUT2D eigenvalue weighted by Crippen LogP contribution is -2.02. The summed E-state index contributed by atoms with van der Waals surface area (Å²) in [5.74, 6) is -0.888. The van der Waals surface area contributed by atoms with Crippen LogP contribution in [0.5, 0.6) is 0 Å². The Balaban J connectivity index is 2.81. The normalized spacial score (nSPS) is 10.6. The van der Waals surface area contributed by atoms with E-state index in [1.165, 1.54) is 11.8 Å². The fraction of sp³-hybridized carbons (Fsp3) is 0.100. The van der Waals surface area contributed by atoms with E-state index in [0.29, 0.717) is 5.69 Å². The van der Waals surface area contributed by atoms with Gasteiger partial charge in [0.2, 0.25) is 0 Å². The molecule has 2 rings (SSSR count). The first-order valence-electron chi connectivity index (χ1n) is 4.11. The summed E-state index contributed by atoms with van der Waals surface area (Å²) in [7, 11) is 0. The minimum absolute atomic E-state index is 0.341. The van der Waals surface area contributed by atoms with Gasteiger partial charge in [0.25, 0.3) is 0 Å². The quantitative estimate of drug-likeness (QED) is 0.768. The van der Waals surface area contributed by atoms with Gasteiger partial charge < -0.3 is 9.51 Å². The monoisotopic (exact) mass is 207 g/mol. The molecule has 0 amide bonds. The van der Waals surface area contributed by atoms with E-state index in [1.54, 1.807) is 10.6 Å². The molecule has 2 aromatic heterocycles. The van der Waals surface area contributed by atoms with Crippen molar-refractivity contribution in [3.8, 4) is 0 Å². The molecule has 0 saturated carbocycles. The number of carboxylic acid groups (broad SMARTS) is 1. The highest BCUT2D eigenvalue weighted by Crippen LogP contribution is 2.24. The Morgan fingerprint density at radius 3 is 2.93 bits per heavy atom. The molecular weight excluding hydrogens is 198 g/mol. The van der Waals surface area contributed by atoms with Gasteiger partial charge in [-0.1, -0.05) is 6.07 Å². The summed E-state index contributed by atoms with van der Waals surface area (Å²) in [6, 6.07) is 7.49. The highest BCUT2D eigenvalue weighted by atomic mass is 32.2. The molecule has 4 heteroatoms. The van der Waals surface area contributed by atoms with E-state index < -0.39 is 5.97 Å². The zero-order valence-electron chi connectivity index (χ0n) is 7.60. The first-order chi connectivity index (χ1) is 6.74. The number of carbonyl (C=O) groups is 1. The van der Waals surface area contributed by atoms with Crippen molar-refractivity contribution in [3.05, 3.63) is 36.2 Å². The largest absolute Gasteiger partial charge is 0.477 e. The minimum atomic E-state index is -0.888. The standard InChI is InChI=1S/C10H9NO2S/c1-14-8-6-7-4-2-3-5-11(7)9(8)10(12)13/h2-6H,1H3,(H,12,13). The number of thioether (sulfide) groups is 1. The van der Waals surface area contributed by atoms with Crippen LogP contribution in [0.3, 0.4) is 0 Å². The zero-order valence-corrected chi connectivity index (χ0v) is 8.41. The van der Waals surface area contributed by atoms with Crippen LogP contribution >= 0.6 is 11.8 Å². The lowest BCUT2D eigenvalue weighted by Gasteiger charge is -1.98. The van der Waals surface area contributed by atoms with Crippen LogP contribution < -0.4 is 0 Å². The summed E-state index contributed by atoms with van der Waals surface area (Å²) in [5, 5.41) is 9.05. The molecule has 0 aliphatic rings. The Morgan fingerprint density at radius 1 is 1.50 bits per heavy atom. The first kappa shape index (κ1) is 9.15. The second kappa shape index (κ2) is 3.38. The van der Waals surface area contributed by atoms with Gasteiger partial charge in [-0.3, -0.25) is 0 Å². The highest BCUT2D eigenvalue weighted by Gasteiger charge is 2.15. The van der Waals surface area contributed by atoms with Crippen LogP contribution in [-0.4, -0.2) is 21.7 Å². The Kier molecular flexibility index (Phi) is 2.21.